The van der Waals surface area contributed by atoms with Crippen molar-refractivity contribution in [1.82, 2.24) is 39.9 Å². The molecule has 698 valence electrons. The van der Waals surface area contributed by atoms with Gasteiger partial charge in [-0.1, -0.05) is 158 Å². The molecular formula is C96H128N8O24Zn. The van der Waals surface area contributed by atoms with Gasteiger partial charge in [0.2, 0.25) is 0 Å². The average molecular weight is 1840 g/mol. The molecule has 5 heterocycles. The maximum absolute atomic E-state index is 14.0. The molecule has 0 fully saturated rings. The third kappa shape index (κ3) is 29.5. The SMILES string of the molecule is CCCCCOC(=O)C(C)Oc1cc2c(cc1OC(C)C(=O)OCCCCC)-c1nc-2nc2[n-]c(nc3nc(nc4[n-]c(n1)c1cc(OC(C)C(=O)OCCCCC)c(OC(C)C(=O)OCCCCC)cc41)-c1cc(OC(C)C(=O)OCCCCC)c(OC(C)C(=O)OCCCCC)cc1-3)c1cc(OC(C)C(=O)OCCCCC)c(OC(C)C(=O)OCCCCC)cc21.[Zn+2]. The summed E-state index contributed by atoms with van der Waals surface area (Å²) < 4.78 is 98.4. The fraction of sp³-hybridized carbons (Fsp3) is 0.583. The van der Waals surface area contributed by atoms with Gasteiger partial charge >= 0.3 is 67.2 Å². The zero-order chi connectivity index (χ0) is 92.3. The number of hydrogen-bond acceptors (Lipinski definition) is 30. The van der Waals surface area contributed by atoms with Gasteiger partial charge in [-0.3, -0.25) is 0 Å². The molecule has 9 rings (SSSR count). The van der Waals surface area contributed by atoms with Gasteiger partial charge in [0.1, 0.15) is 0 Å². The molecule has 2 aliphatic heterocycles. The van der Waals surface area contributed by atoms with E-state index in [0.717, 1.165) is 103 Å². The number of hydrogen-bond donors (Lipinski definition) is 0. The van der Waals surface area contributed by atoms with Gasteiger partial charge in [-0.05, 0) is 177 Å². The average Bonchev–Trinajstić information content (AvgIpc) is 1.59. The second-order valence-electron chi connectivity index (χ2n) is 31.9. The van der Waals surface area contributed by atoms with Crippen LogP contribution in [-0.4, -0.2) is 179 Å². The number of carbonyl (C=O) groups excluding carboxylic acids is 8. The largest absolute Gasteiger partial charge is 2.00 e. The van der Waals surface area contributed by atoms with E-state index in [1.807, 2.05) is 55.4 Å². The van der Waals surface area contributed by atoms with Gasteiger partial charge in [0, 0.05) is 44.8 Å². The Morgan fingerprint density at radius 1 is 0.225 bits per heavy atom. The minimum absolute atomic E-state index is 0. The van der Waals surface area contributed by atoms with E-state index in [1.54, 1.807) is 0 Å². The molecule has 8 atom stereocenters. The Balaban J connectivity index is 0.0000206. The van der Waals surface area contributed by atoms with Gasteiger partial charge in [-0.2, -0.15) is 0 Å². The van der Waals surface area contributed by atoms with Gasteiger partial charge in [0.15, 0.2) is 94.8 Å². The topological polar surface area (TPSA) is 390 Å². The van der Waals surface area contributed by atoms with Crippen molar-refractivity contribution < 1.29 is 134 Å². The van der Waals surface area contributed by atoms with Crippen molar-refractivity contribution in [3.63, 3.8) is 0 Å². The maximum atomic E-state index is 14.0. The summed E-state index contributed by atoms with van der Waals surface area (Å²) in [5.41, 5.74) is 0.315. The molecule has 3 aromatic heterocycles. The van der Waals surface area contributed by atoms with Crippen molar-refractivity contribution in [1.29, 1.82) is 0 Å². The number of benzene rings is 4. The van der Waals surface area contributed by atoms with Crippen LogP contribution in [0.5, 0.6) is 46.0 Å². The molecule has 0 amide bonds. The minimum Gasteiger partial charge on any atom is -0.475 e. The van der Waals surface area contributed by atoms with E-state index in [-0.39, 0.29) is 208 Å². The summed E-state index contributed by atoms with van der Waals surface area (Å²) >= 11 is 0. The zero-order valence-electron chi connectivity index (χ0n) is 77.9. The molecule has 0 spiro atoms. The Morgan fingerprint density at radius 3 is 0.504 bits per heavy atom. The fourth-order valence-electron chi connectivity index (χ4n) is 13.5. The van der Waals surface area contributed by atoms with Gasteiger partial charge < -0.3 is 106 Å². The van der Waals surface area contributed by atoms with Crippen molar-refractivity contribution in [2.75, 3.05) is 52.9 Å². The Hall–Kier alpha value is -11.0. The van der Waals surface area contributed by atoms with E-state index in [2.05, 4.69) is 0 Å². The smallest absolute Gasteiger partial charge is 0.475 e. The molecule has 0 saturated carbocycles. The third-order valence-electron chi connectivity index (χ3n) is 21.0. The van der Waals surface area contributed by atoms with Crippen molar-refractivity contribution in [3.8, 4) is 91.5 Å². The standard InChI is InChI=1S/C96H128N8O24.Zn/c1-17-25-33-41-113-89(105)57(9)121-73-49-65-66(50-74(73)122-58(10)90(106)114-42-34-26-18-2)82-97-81(65)101-83-67-51-75(123-59(11)91(107)115-43-35-27-19-3)76(124-60(12)92(108)116-44-36-28-20-4)52-68(67)85(98-83)103-87-71-55-79(127-63(15)95(111)119-47-39-31-23-7)80(128-64(16)96(112)120-48-40-32-24-8)56-72(71)88(100-87)104-86-70-54-78(126-62(14)94(110)118-46-38-30-22-6)77(53-69(70)84(99-86)102-82)125-61(13)93(109)117-45-37-29-21-5;/h49-64H,17-48H2,1-16H3;/q-2;+2. The molecule has 8 unspecified atom stereocenters. The van der Waals surface area contributed by atoms with Crippen LogP contribution in [0.25, 0.3) is 89.7 Å². The summed E-state index contributed by atoms with van der Waals surface area (Å²) in [6.45, 7) is 29.2. The first kappa shape index (κ1) is 103. The van der Waals surface area contributed by atoms with Crippen LogP contribution in [0.2, 0.25) is 0 Å². The van der Waals surface area contributed by atoms with Gasteiger partial charge in [-0.15, -0.1) is 0 Å². The number of unbranched alkanes of at least 4 members (excludes halogenated alkanes) is 16. The summed E-state index contributed by atoms with van der Waals surface area (Å²) in [7, 11) is 0. The normalized spacial score (nSPS) is 13.3. The Morgan fingerprint density at radius 2 is 0.364 bits per heavy atom. The summed E-state index contributed by atoms with van der Waals surface area (Å²) in [4.78, 5) is 154. The van der Waals surface area contributed by atoms with E-state index >= 15 is 0 Å². The van der Waals surface area contributed by atoms with Crippen LogP contribution in [0.4, 0.5) is 0 Å². The molecule has 7 aromatic rings. The predicted molar refractivity (Wildman–Crippen MR) is 479 cm³/mol. The summed E-state index contributed by atoms with van der Waals surface area (Å²) in [6.07, 6.45) is 7.87. The second-order valence-corrected chi connectivity index (χ2v) is 31.9. The molecule has 0 saturated heterocycles. The molecule has 33 heteroatoms. The summed E-state index contributed by atoms with van der Waals surface area (Å²) in [6, 6.07) is 12.2. The fourth-order valence-corrected chi connectivity index (χ4v) is 13.5. The first-order valence-corrected chi connectivity index (χ1v) is 45.9. The van der Waals surface area contributed by atoms with Crippen LogP contribution < -0.4 is 47.9 Å². The molecule has 4 aromatic carbocycles. The quantitative estimate of drug-likeness (QED) is 0.0148. The molecule has 8 bridgehead atoms. The van der Waals surface area contributed by atoms with Crippen molar-refractivity contribution in [3.05, 3.63) is 48.5 Å². The summed E-state index contributed by atoms with van der Waals surface area (Å²) in [5.74, 6) is -6.66. The molecular weight excluding hydrogens is 1710 g/mol. The molecule has 32 nitrogen and oxygen atoms in total. The minimum atomic E-state index is -1.29. The number of rotatable bonds is 56. The number of esters is 8. The number of nitrogens with zero attached hydrogens (tertiary/aromatic N) is 8. The van der Waals surface area contributed by atoms with Crippen LogP contribution in [-0.2, 0) is 95.7 Å². The monoisotopic (exact) mass is 1840 g/mol. The van der Waals surface area contributed by atoms with Crippen molar-refractivity contribution >= 4 is 91.9 Å². The molecule has 0 radical (unpaired) electrons. The first-order chi connectivity index (χ1) is 61.8. The first-order valence-electron chi connectivity index (χ1n) is 45.9. The van der Waals surface area contributed by atoms with Crippen LogP contribution in [0.3, 0.4) is 0 Å². The zero-order valence-corrected chi connectivity index (χ0v) is 80.9. The van der Waals surface area contributed by atoms with E-state index in [1.165, 1.54) is 104 Å². The maximum Gasteiger partial charge on any atom is 2.00 e. The van der Waals surface area contributed by atoms with Crippen LogP contribution >= 0.6 is 0 Å². The molecule has 0 aliphatic carbocycles. The van der Waals surface area contributed by atoms with Crippen molar-refractivity contribution in [2.45, 2.75) is 314 Å². The Kier molecular flexibility index (Phi) is 42.2. The Labute approximate surface area is 767 Å². The summed E-state index contributed by atoms with van der Waals surface area (Å²) in [5, 5.41) is 0.739. The predicted octanol–water partition coefficient (Wildman–Crippen LogP) is 18.1. The number of fused-ring (bicyclic) bond motifs is 20. The van der Waals surface area contributed by atoms with Gasteiger partial charge in [0.05, 0.1) is 76.2 Å². The van der Waals surface area contributed by atoms with E-state index in [9.17, 15) is 38.4 Å². The van der Waals surface area contributed by atoms with E-state index in [4.69, 9.17) is 116 Å². The van der Waals surface area contributed by atoms with Gasteiger partial charge in [-0.25, -0.2) is 48.3 Å². The number of aromatic nitrogens is 8. The molecule has 2 aliphatic rings. The van der Waals surface area contributed by atoms with Crippen molar-refractivity contribution in [2.24, 2.45) is 0 Å². The number of carbonyl (C=O) groups is 8. The van der Waals surface area contributed by atoms with E-state index in [0.29, 0.717) is 51.4 Å². The van der Waals surface area contributed by atoms with Crippen LogP contribution in [0.1, 0.15) is 265 Å². The molecule has 129 heavy (non-hydrogen) atoms. The third-order valence-corrected chi connectivity index (χ3v) is 21.0. The second kappa shape index (κ2) is 52.6. The molecule has 0 N–H and O–H groups in total. The Bertz CT molecular complexity index is 4490. The number of ether oxygens (including phenoxy) is 16. The van der Waals surface area contributed by atoms with Crippen LogP contribution in [0.15, 0.2) is 48.5 Å². The van der Waals surface area contributed by atoms with Gasteiger partial charge in [0.25, 0.3) is 0 Å². The van der Waals surface area contributed by atoms with Crippen LogP contribution in [0, 0.1) is 0 Å². The van der Waals surface area contributed by atoms with E-state index < -0.39 is 96.6 Å².